The third-order valence-corrected chi connectivity index (χ3v) is 4.01. The highest BCUT2D eigenvalue weighted by Gasteiger charge is 2.14. The molecule has 1 saturated carbocycles. The van der Waals surface area contributed by atoms with Gasteiger partial charge in [0.05, 0.1) is 5.69 Å². The maximum atomic E-state index is 11.9. The predicted octanol–water partition coefficient (Wildman–Crippen LogP) is 2.45. The Labute approximate surface area is 115 Å². The number of carbonyl (C=O) groups excluding carboxylic acids is 1. The number of rotatable bonds is 5. The van der Waals surface area contributed by atoms with Crippen molar-refractivity contribution in [1.82, 2.24) is 14.9 Å². The van der Waals surface area contributed by atoms with Crippen LogP contribution in [0.2, 0.25) is 0 Å². The molecule has 0 radical (unpaired) electrons. The number of hydrogen-bond acceptors (Lipinski definition) is 2. The van der Waals surface area contributed by atoms with Gasteiger partial charge in [0.25, 0.3) is 0 Å². The average molecular weight is 263 g/mol. The summed E-state index contributed by atoms with van der Waals surface area (Å²) < 4.78 is 1.94. The van der Waals surface area contributed by atoms with E-state index < -0.39 is 0 Å². The van der Waals surface area contributed by atoms with Crippen molar-refractivity contribution in [2.45, 2.75) is 58.9 Å². The van der Waals surface area contributed by atoms with Crippen LogP contribution in [0.1, 0.15) is 50.5 Å². The second-order valence-electron chi connectivity index (χ2n) is 5.57. The summed E-state index contributed by atoms with van der Waals surface area (Å²) in [6.45, 7) is 5.27. The Morgan fingerprint density at radius 3 is 2.79 bits per heavy atom. The van der Waals surface area contributed by atoms with Gasteiger partial charge >= 0.3 is 0 Å². The molecule has 1 aromatic rings. The lowest BCUT2D eigenvalue weighted by molar-refractivity contribution is -0.121. The van der Waals surface area contributed by atoms with Crippen molar-refractivity contribution in [2.75, 3.05) is 6.54 Å². The molecule has 2 rings (SSSR count). The minimum Gasteiger partial charge on any atom is -0.354 e. The SMILES string of the molecule is CCc1cn(CC(=O)NCC2CCCCC2)c(C)n1. The highest BCUT2D eigenvalue weighted by Crippen LogP contribution is 2.22. The smallest absolute Gasteiger partial charge is 0.239 e. The first-order valence-electron chi connectivity index (χ1n) is 7.48. The van der Waals surface area contributed by atoms with Crippen molar-refractivity contribution in [1.29, 1.82) is 0 Å². The second-order valence-corrected chi connectivity index (χ2v) is 5.57. The molecule has 0 unspecified atom stereocenters. The molecule has 106 valence electrons. The van der Waals surface area contributed by atoms with Crippen molar-refractivity contribution in [3.05, 3.63) is 17.7 Å². The lowest BCUT2D eigenvalue weighted by Gasteiger charge is -2.21. The van der Waals surface area contributed by atoms with Gasteiger partial charge in [-0.25, -0.2) is 4.98 Å². The molecular formula is C15H25N3O. The minimum atomic E-state index is 0.105. The normalized spacial score (nSPS) is 16.5. The fourth-order valence-corrected chi connectivity index (χ4v) is 2.76. The van der Waals surface area contributed by atoms with E-state index in [0.29, 0.717) is 12.5 Å². The Morgan fingerprint density at radius 1 is 1.42 bits per heavy atom. The minimum absolute atomic E-state index is 0.105. The van der Waals surface area contributed by atoms with E-state index in [1.165, 1.54) is 32.1 Å². The van der Waals surface area contributed by atoms with Gasteiger partial charge in [-0.3, -0.25) is 4.79 Å². The number of hydrogen-bond donors (Lipinski definition) is 1. The Hall–Kier alpha value is -1.32. The fourth-order valence-electron chi connectivity index (χ4n) is 2.76. The van der Waals surface area contributed by atoms with Gasteiger partial charge in [-0.05, 0) is 32.1 Å². The topological polar surface area (TPSA) is 46.9 Å². The Morgan fingerprint density at radius 2 is 2.16 bits per heavy atom. The summed E-state index contributed by atoms with van der Waals surface area (Å²) >= 11 is 0. The standard InChI is InChI=1S/C15H25N3O/c1-3-14-10-18(12(2)17-14)11-15(19)16-9-13-7-5-4-6-8-13/h10,13H,3-9,11H2,1-2H3,(H,16,19). The highest BCUT2D eigenvalue weighted by atomic mass is 16.1. The van der Waals surface area contributed by atoms with Crippen molar-refractivity contribution in [3.8, 4) is 0 Å². The van der Waals surface area contributed by atoms with Crippen LogP contribution < -0.4 is 5.32 Å². The van der Waals surface area contributed by atoms with Crippen LogP contribution in [0, 0.1) is 12.8 Å². The fraction of sp³-hybridized carbons (Fsp3) is 0.733. The summed E-state index contributed by atoms with van der Waals surface area (Å²) in [5, 5.41) is 3.07. The Balaban J connectivity index is 1.78. The first kappa shape index (κ1) is 14.1. The van der Waals surface area contributed by atoms with Crippen molar-refractivity contribution < 1.29 is 4.79 Å². The number of aromatic nitrogens is 2. The summed E-state index contributed by atoms with van der Waals surface area (Å²) in [6.07, 6.45) is 9.43. The van der Waals surface area contributed by atoms with Gasteiger partial charge in [0.2, 0.25) is 5.91 Å². The molecule has 0 aliphatic heterocycles. The summed E-state index contributed by atoms with van der Waals surface area (Å²) in [6, 6.07) is 0. The van der Waals surface area contributed by atoms with Gasteiger partial charge in [0.15, 0.2) is 0 Å². The van der Waals surface area contributed by atoms with Gasteiger partial charge in [-0.15, -0.1) is 0 Å². The second kappa shape index (κ2) is 6.73. The summed E-state index contributed by atoms with van der Waals surface area (Å²) in [5.74, 6) is 1.71. The van der Waals surface area contributed by atoms with Gasteiger partial charge in [-0.2, -0.15) is 0 Å². The molecule has 0 atom stereocenters. The van der Waals surface area contributed by atoms with Crippen LogP contribution in [0.5, 0.6) is 0 Å². The number of aryl methyl sites for hydroxylation is 2. The third kappa shape index (κ3) is 4.08. The first-order valence-corrected chi connectivity index (χ1v) is 7.48. The molecule has 1 amide bonds. The monoisotopic (exact) mass is 263 g/mol. The molecule has 1 aromatic heterocycles. The van der Waals surface area contributed by atoms with Gasteiger partial charge in [-0.1, -0.05) is 26.2 Å². The molecule has 1 aliphatic rings. The zero-order chi connectivity index (χ0) is 13.7. The van der Waals surface area contributed by atoms with Crippen molar-refractivity contribution in [3.63, 3.8) is 0 Å². The van der Waals surface area contributed by atoms with E-state index in [0.717, 1.165) is 24.5 Å². The van der Waals surface area contributed by atoms with Crippen LogP contribution >= 0.6 is 0 Å². The molecule has 1 aliphatic carbocycles. The Bertz CT molecular complexity index is 419. The number of amides is 1. The summed E-state index contributed by atoms with van der Waals surface area (Å²) in [5.41, 5.74) is 1.05. The Kier molecular flexibility index (Phi) is 5.00. The largest absolute Gasteiger partial charge is 0.354 e. The maximum absolute atomic E-state index is 11.9. The zero-order valence-electron chi connectivity index (χ0n) is 12.1. The van der Waals surface area contributed by atoms with E-state index in [4.69, 9.17) is 0 Å². The van der Waals surface area contributed by atoms with Crippen LogP contribution in [0.4, 0.5) is 0 Å². The molecule has 1 heterocycles. The van der Waals surface area contributed by atoms with Gasteiger partial charge in [0, 0.05) is 12.7 Å². The third-order valence-electron chi connectivity index (χ3n) is 4.01. The molecule has 19 heavy (non-hydrogen) atoms. The van der Waals surface area contributed by atoms with Crippen molar-refractivity contribution in [2.24, 2.45) is 5.92 Å². The molecule has 0 aromatic carbocycles. The first-order chi connectivity index (χ1) is 9.19. The van der Waals surface area contributed by atoms with E-state index in [1.807, 2.05) is 17.7 Å². The molecule has 4 nitrogen and oxygen atoms in total. The number of nitrogens with one attached hydrogen (secondary N) is 1. The molecular weight excluding hydrogens is 238 g/mol. The van der Waals surface area contributed by atoms with E-state index in [1.54, 1.807) is 0 Å². The van der Waals surface area contributed by atoms with E-state index in [2.05, 4.69) is 17.2 Å². The average Bonchev–Trinajstić information content (AvgIpc) is 2.78. The van der Waals surface area contributed by atoms with Crippen molar-refractivity contribution >= 4 is 5.91 Å². The van der Waals surface area contributed by atoms with E-state index in [9.17, 15) is 4.79 Å². The van der Waals surface area contributed by atoms with Crippen LogP contribution in [-0.2, 0) is 17.8 Å². The lowest BCUT2D eigenvalue weighted by Crippen LogP contribution is -2.32. The molecule has 1 N–H and O–H groups in total. The molecule has 1 fully saturated rings. The van der Waals surface area contributed by atoms with Crippen LogP contribution in [0.25, 0.3) is 0 Å². The van der Waals surface area contributed by atoms with Crippen LogP contribution in [-0.4, -0.2) is 22.0 Å². The van der Waals surface area contributed by atoms with Crippen LogP contribution in [0.3, 0.4) is 0 Å². The highest BCUT2D eigenvalue weighted by molar-refractivity contribution is 5.75. The number of carbonyl (C=O) groups is 1. The molecule has 4 heteroatoms. The van der Waals surface area contributed by atoms with Gasteiger partial charge < -0.3 is 9.88 Å². The molecule has 0 saturated heterocycles. The van der Waals surface area contributed by atoms with Crippen LogP contribution in [0.15, 0.2) is 6.20 Å². The molecule has 0 spiro atoms. The maximum Gasteiger partial charge on any atom is 0.239 e. The van der Waals surface area contributed by atoms with E-state index in [-0.39, 0.29) is 5.91 Å². The quantitative estimate of drug-likeness (QED) is 0.887. The lowest BCUT2D eigenvalue weighted by atomic mass is 9.89. The number of nitrogens with zero attached hydrogens (tertiary/aromatic N) is 2. The zero-order valence-corrected chi connectivity index (χ0v) is 12.1. The number of imidazole rings is 1. The van der Waals surface area contributed by atoms with Gasteiger partial charge in [0.1, 0.15) is 12.4 Å². The van der Waals surface area contributed by atoms with E-state index >= 15 is 0 Å². The molecule has 0 bridgehead atoms. The summed E-state index contributed by atoms with van der Waals surface area (Å²) in [4.78, 5) is 16.4. The summed E-state index contributed by atoms with van der Waals surface area (Å²) in [7, 11) is 0. The predicted molar refractivity (Wildman–Crippen MR) is 75.9 cm³/mol.